The van der Waals surface area contributed by atoms with Gasteiger partial charge in [0.1, 0.15) is 0 Å². The molecule has 0 fully saturated rings. The molecule has 0 unspecified atom stereocenters. The lowest BCUT2D eigenvalue weighted by molar-refractivity contribution is 0.579. The summed E-state index contributed by atoms with van der Waals surface area (Å²) in [6, 6.07) is 7.82. The Morgan fingerprint density at radius 3 is 2.74 bits per heavy atom. The first-order chi connectivity index (χ1) is 9.11. The van der Waals surface area contributed by atoms with E-state index in [9.17, 15) is 0 Å². The van der Waals surface area contributed by atoms with E-state index in [2.05, 4.69) is 17.3 Å². The summed E-state index contributed by atoms with van der Waals surface area (Å²) < 4.78 is 1.93. The predicted octanol–water partition coefficient (Wildman–Crippen LogP) is 3.81. The topological polar surface area (TPSA) is 29.9 Å². The van der Waals surface area contributed by atoms with Crippen LogP contribution in [0.5, 0.6) is 0 Å². The SMILES string of the molecule is CCn1nc(C)c(Cl)c1CNCc1cccc(Cl)c1. The molecule has 0 spiro atoms. The van der Waals surface area contributed by atoms with Crippen molar-refractivity contribution < 1.29 is 0 Å². The van der Waals surface area contributed by atoms with Gasteiger partial charge in [-0.25, -0.2) is 0 Å². The van der Waals surface area contributed by atoms with E-state index in [4.69, 9.17) is 23.2 Å². The van der Waals surface area contributed by atoms with Crippen molar-refractivity contribution in [3.63, 3.8) is 0 Å². The third-order valence-corrected chi connectivity index (χ3v) is 3.69. The largest absolute Gasteiger partial charge is 0.307 e. The van der Waals surface area contributed by atoms with Crippen molar-refractivity contribution in [2.45, 2.75) is 33.5 Å². The second-order valence-electron chi connectivity index (χ2n) is 4.40. The number of aryl methyl sites for hydroxylation is 2. The Balaban J connectivity index is 1.99. The summed E-state index contributed by atoms with van der Waals surface area (Å²) in [6.07, 6.45) is 0. The summed E-state index contributed by atoms with van der Waals surface area (Å²) in [4.78, 5) is 0. The van der Waals surface area contributed by atoms with E-state index in [1.54, 1.807) is 0 Å². The van der Waals surface area contributed by atoms with Crippen molar-refractivity contribution in [2.24, 2.45) is 0 Å². The molecule has 1 N–H and O–H groups in total. The van der Waals surface area contributed by atoms with Gasteiger partial charge in [0, 0.05) is 24.7 Å². The summed E-state index contributed by atoms with van der Waals surface area (Å²) in [5.41, 5.74) is 3.06. The first-order valence-corrected chi connectivity index (χ1v) is 7.04. The lowest BCUT2D eigenvalue weighted by atomic mass is 10.2. The van der Waals surface area contributed by atoms with E-state index in [0.717, 1.165) is 40.1 Å². The van der Waals surface area contributed by atoms with Crippen molar-refractivity contribution in [3.05, 3.63) is 51.3 Å². The van der Waals surface area contributed by atoms with E-state index in [-0.39, 0.29) is 0 Å². The molecule has 0 amide bonds. The fraction of sp³-hybridized carbons (Fsp3) is 0.357. The molecule has 1 heterocycles. The lowest BCUT2D eigenvalue weighted by Crippen LogP contribution is -2.16. The maximum Gasteiger partial charge on any atom is 0.0860 e. The van der Waals surface area contributed by atoms with Gasteiger partial charge in [0.15, 0.2) is 0 Å². The standard InChI is InChI=1S/C14H17Cl2N3/c1-3-19-13(14(16)10(2)18-19)9-17-8-11-5-4-6-12(15)7-11/h4-7,17H,3,8-9H2,1-2H3. The smallest absolute Gasteiger partial charge is 0.0860 e. The zero-order chi connectivity index (χ0) is 13.8. The summed E-state index contributed by atoms with van der Waals surface area (Å²) in [5, 5.41) is 9.27. The van der Waals surface area contributed by atoms with E-state index in [1.165, 1.54) is 0 Å². The first kappa shape index (κ1) is 14.4. The number of nitrogens with zero attached hydrogens (tertiary/aromatic N) is 2. The van der Waals surface area contributed by atoms with Gasteiger partial charge in [-0.1, -0.05) is 35.3 Å². The van der Waals surface area contributed by atoms with Gasteiger partial charge in [-0.15, -0.1) is 0 Å². The summed E-state index contributed by atoms with van der Waals surface area (Å²) in [7, 11) is 0. The van der Waals surface area contributed by atoms with Gasteiger partial charge in [-0.3, -0.25) is 4.68 Å². The van der Waals surface area contributed by atoms with Crippen LogP contribution in [0.25, 0.3) is 0 Å². The van der Waals surface area contributed by atoms with Gasteiger partial charge in [0.25, 0.3) is 0 Å². The Labute approximate surface area is 123 Å². The highest BCUT2D eigenvalue weighted by molar-refractivity contribution is 6.31. The van der Waals surface area contributed by atoms with Gasteiger partial charge in [-0.2, -0.15) is 5.10 Å². The maximum absolute atomic E-state index is 6.26. The van der Waals surface area contributed by atoms with Crippen LogP contribution in [-0.4, -0.2) is 9.78 Å². The van der Waals surface area contributed by atoms with Crippen molar-refractivity contribution in [1.82, 2.24) is 15.1 Å². The Kier molecular flexibility index (Phi) is 4.86. The van der Waals surface area contributed by atoms with Crippen LogP contribution in [0, 0.1) is 6.92 Å². The molecular weight excluding hydrogens is 281 g/mol. The quantitative estimate of drug-likeness (QED) is 0.909. The fourth-order valence-corrected chi connectivity index (χ4v) is 2.43. The van der Waals surface area contributed by atoms with Crippen LogP contribution in [-0.2, 0) is 19.6 Å². The Hall–Kier alpha value is -1.03. The molecule has 102 valence electrons. The highest BCUT2D eigenvalue weighted by Gasteiger charge is 2.11. The van der Waals surface area contributed by atoms with Crippen LogP contribution >= 0.6 is 23.2 Å². The molecule has 0 aliphatic rings. The van der Waals surface area contributed by atoms with Crippen LogP contribution in [0.3, 0.4) is 0 Å². The minimum atomic E-state index is 0.694. The van der Waals surface area contributed by atoms with Crippen LogP contribution in [0.1, 0.15) is 23.9 Å². The molecule has 0 radical (unpaired) electrons. The molecule has 19 heavy (non-hydrogen) atoms. The first-order valence-electron chi connectivity index (χ1n) is 6.28. The second kappa shape index (κ2) is 6.42. The van der Waals surface area contributed by atoms with Crippen molar-refractivity contribution in [2.75, 3.05) is 0 Å². The highest BCUT2D eigenvalue weighted by atomic mass is 35.5. The van der Waals surface area contributed by atoms with E-state index in [0.29, 0.717) is 6.54 Å². The van der Waals surface area contributed by atoms with Crippen molar-refractivity contribution in [1.29, 1.82) is 0 Å². The molecular formula is C14H17Cl2N3. The molecule has 0 aliphatic carbocycles. The van der Waals surface area contributed by atoms with Gasteiger partial charge in [0.2, 0.25) is 0 Å². The van der Waals surface area contributed by atoms with Crippen LogP contribution in [0.2, 0.25) is 10.0 Å². The fourth-order valence-electron chi connectivity index (χ4n) is 2.01. The molecule has 0 saturated carbocycles. The van der Waals surface area contributed by atoms with Crippen LogP contribution in [0.4, 0.5) is 0 Å². The number of nitrogens with one attached hydrogen (secondary N) is 1. The molecule has 1 aromatic carbocycles. The van der Waals surface area contributed by atoms with Crippen molar-refractivity contribution in [3.8, 4) is 0 Å². The minimum Gasteiger partial charge on any atom is -0.307 e. The number of aromatic nitrogens is 2. The van der Waals surface area contributed by atoms with E-state index < -0.39 is 0 Å². The molecule has 0 bridgehead atoms. The summed E-state index contributed by atoms with van der Waals surface area (Å²) >= 11 is 12.2. The predicted molar refractivity (Wildman–Crippen MR) is 79.6 cm³/mol. The number of benzene rings is 1. The Morgan fingerprint density at radius 2 is 2.05 bits per heavy atom. The number of hydrogen-bond donors (Lipinski definition) is 1. The Morgan fingerprint density at radius 1 is 1.26 bits per heavy atom. The van der Waals surface area contributed by atoms with Crippen LogP contribution < -0.4 is 5.32 Å². The second-order valence-corrected chi connectivity index (χ2v) is 5.21. The maximum atomic E-state index is 6.26. The zero-order valence-corrected chi connectivity index (χ0v) is 12.6. The third kappa shape index (κ3) is 3.50. The Bertz CT molecular complexity index is 564. The van der Waals surface area contributed by atoms with Gasteiger partial charge in [-0.05, 0) is 31.5 Å². The molecule has 2 aromatic rings. The molecule has 2 rings (SSSR count). The molecule has 3 nitrogen and oxygen atoms in total. The molecule has 1 aromatic heterocycles. The summed E-state index contributed by atoms with van der Waals surface area (Å²) in [6.45, 7) is 6.25. The van der Waals surface area contributed by atoms with E-state index in [1.807, 2.05) is 35.9 Å². The lowest BCUT2D eigenvalue weighted by Gasteiger charge is -2.08. The average molecular weight is 298 g/mol. The molecule has 0 aliphatic heterocycles. The highest BCUT2D eigenvalue weighted by Crippen LogP contribution is 2.20. The van der Waals surface area contributed by atoms with E-state index >= 15 is 0 Å². The average Bonchev–Trinajstić information content (AvgIpc) is 2.66. The normalized spacial score (nSPS) is 10.9. The van der Waals surface area contributed by atoms with Gasteiger partial charge < -0.3 is 5.32 Å². The number of hydrogen-bond acceptors (Lipinski definition) is 2. The molecule has 0 saturated heterocycles. The van der Waals surface area contributed by atoms with Crippen LogP contribution in [0.15, 0.2) is 24.3 Å². The monoisotopic (exact) mass is 297 g/mol. The van der Waals surface area contributed by atoms with Gasteiger partial charge in [0.05, 0.1) is 16.4 Å². The number of halogens is 2. The van der Waals surface area contributed by atoms with Gasteiger partial charge >= 0.3 is 0 Å². The zero-order valence-electron chi connectivity index (χ0n) is 11.1. The molecule has 5 heteroatoms. The summed E-state index contributed by atoms with van der Waals surface area (Å²) in [5.74, 6) is 0. The van der Waals surface area contributed by atoms with Crippen molar-refractivity contribution >= 4 is 23.2 Å². The number of rotatable bonds is 5. The minimum absolute atomic E-state index is 0.694. The molecule has 0 atom stereocenters. The third-order valence-electron chi connectivity index (χ3n) is 2.96.